The zero-order valence-corrected chi connectivity index (χ0v) is 17.7. The van der Waals surface area contributed by atoms with Crippen molar-refractivity contribution in [2.45, 2.75) is 83.8 Å². The molecule has 148 valence electrons. The molecule has 1 fully saturated rings. The van der Waals surface area contributed by atoms with Gasteiger partial charge in [-0.3, -0.25) is 4.79 Å². The largest absolute Gasteiger partial charge is 0.352 e. The normalized spacial score (nSPS) is 20.1. The molecule has 1 amide bonds. The van der Waals surface area contributed by atoms with Crippen LogP contribution in [0.1, 0.15) is 69.3 Å². The van der Waals surface area contributed by atoms with E-state index in [0.717, 1.165) is 37.1 Å². The predicted octanol–water partition coefficient (Wildman–Crippen LogP) is 3.87. The number of thioether (sulfide) groups is 1. The lowest BCUT2D eigenvalue weighted by atomic mass is 9.86. The first-order valence-electron chi connectivity index (χ1n) is 10.1. The van der Waals surface area contributed by atoms with Gasteiger partial charge < -0.3 is 5.32 Å². The average molecular weight is 390 g/mol. The summed E-state index contributed by atoms with van der Waals surface area (Å²) in [7, 11) is 0. The standard InChI is InChI=1S/C20H31N5OS/c1-5-6-10-16-14(3)21-19-23-20(24-25(19)15(16)4)27-12-18(26)22-17-11-8-7-9-13(17)2/h13,17H,5-12H2,1-4H3,(H,22,26)/t13-,17+/m1/s1. The molecular weight excluding hydrogens is 358 g/mol. The van der Waals surface area contributed by atoms with E-state index in [4.69, 9.17) is 0 Å². The number of nitrogens with one attached hydrogen (secondary N) is 1. The Morgan fingerprint density at radius 3 is 2.78 bits per heavy atom. The summed E-state index contributed by atoms with van der Waals surface area (Å²) in [4.78, 5) is 21.5. The molecule has 0 aromatic carbocycles. The van der Waals surface area contributed by atoms with Crippen LogP contribution in [0.25, 0.3) is 5.78 Å². The number of hydrogen-bond acceptors (Lipinski definition) is 5. The van der Waals surface area contributed by atoms with Crippen LogP contribution in [0, 0.1) is 19.8 Å². The number of carbonyl (C=O) groups is 1. The summed E-state index contributed by atoms with van der Waals surface area (Å²) in [5.74, 6) is 1.61. The van der Waals surface area contributed by atoms with Crippen LogP contribution < -0.4 is 5.32 Å². The van der Waals surface area contributed by atoms with Crippen molar-refractivity contribution in [2.24, 2.45) is 5.92 Å². The Morgan fingerprint density at radius 1 is 1.26 bits per heavy atom. The van der Waals surface area contributed by atoms with Crippen LogP contribution in [0.4, 0.5) is 0 Å². The third-order valence-electron chi connectivity index (χ3n) is 5.60. The summed E-state index contributed by atoms with van der Waals surface area (Å²) in [6, 6.07) is 0.313. The molecule has 2 aromatic rings. The minimum absolute atomic E-state index is 0.0714. The summed E-state index contributed by atoms with van der Waals surface area (Å²) < 4.78 is 1.82. The third kappa shape index (κ3) is 4.81. The van der Waals surface area contributed by atoms with E-state index >= 15 is 0 Å². The Morgan fingerprint density at radius 2 is 2.04 bits per heavy atom. The van der Waals surface area contributed by atoms with Gasteiger partial charge in [-0.1, -0.05) is 44.9 Å². The first kappa shape index (κ1) is 20.1. The van der Waals surface area contributed by atoms with E-state index in [0.29, 0.717) is 28.6 Å². The van der Waals surface area contributed by atoms with Crippen molar-refractivity contribution in [3.05, 3.63) is 17.0 Å². The van der Waals surface area contributed by atoms with Crippen molar-refractivity contribution in [3.8, 4) is 0 Å². The van der Waals surface area contributed by atoms with Gasteiger partial charge in [0, 0.05) is 17.4 Å². The highest BCUT2D eigenvalue weighted by molar-refractivity contribution is 7.99. The Kier molecular flexibility index (Phi) is 6.73. The van der Waals surface area contributed by atoms with Gasteiger partial charge in [-0.2, -0.15) is 4.98 Å². The number of unbranched alkanes of at least 4 members (excludes halogenated alkanes) is 1. The molecule has 3 rings (SSSR count). The van der Waals surface area contributed by atoms with Gasteiger partial charge in [-0.25, -0.2) is 9.50 Å². The number of fused-ring (bicyclic) bond motifs is 1. The molecule has 0 bridgehead atoms. The highest BCUT2D eigenvalue weighted by atomic mass is 32.2. The van der Waals surface area contributed by atoms with E-state index in [1.54, 1.807) is 0 Å². The Bertz CT molecular complexity index is 803. The fourth-order valence-electron chi connectivity index (χ4n) is 3.88. The second-order valence-electron chi connectivity index (χ2n) is 7.70. The Balaban J connectivity index is 1.65. The molecule has 2 heterocycles. The number of aryl methyl sites for hydroxylation is 2. The number of nitrogens with zero attached hydrogens (tertiary/aromatic N) is 4. The average Bonchev–Trinajstić information content (AvgIpc) is 3.05. The fraction of sp³-hybridized carbons (Fsp3) is 0.700. The molecule has 27 heavy (non-hydrogen) atoms. The van der Waals surface area contributed by atoms with E-state index in [-0.39, 0.29) is 5.91 Å². The van der Waals surface area contributed by atoms with Crippen molar-refractivity contribution < 1.29 is 4.79 Å². The maximum atomic E-state index is 12.3. The molecular formula is C20H31N5OS. The second-order valence-corrected chi connectivity index (χ2v) is 8.64. The number of amides is 1. The summed E-state index contributed by atoms with van der Waals surface area (Å²) in [5.41, 5.74) is 3.39. The first-order valence-corrected chi connectivity index (χ1v) is 11.1. The van der Waals surface area contributed by atoms with Crippen LogP contribution in [0.5, 0.6) is 0 Å². The molecule has 0 unspecified atom stereocenters. The van der Waals surface area contributed by atoms with Crippen LogP contribution >= 0.6 is 11.8 Å². The van der Waals surface area contributed by atoms with Gasteiger partial charge in [-0.15, -0.1) is 5.10 Å². The second kappa shape index (κ2) is 9.04. The van der Waals surface area contributed by atoms with Crippen LogP contribution in [0.2, 0.25) is 0 Å². The van der Waals surface area contributed by atoms with Crippen molar-refractivity contribution in [3.63, 3.8) is 0 Å². The topological polar surface area (TPSA) is 72.2 Å². The number of carbonyl (C=O) groups excluding carboxylic acids is 1. The minimum atomic E-state index is 0.0714. The van der Waals surface area contributed by atoms with E-state index < -0.39 is 0 Å². The predicted molar refractivity (Wildman–Crippen MR) is 109 cm³/mol. The molecule has 7 heteroatoms. The lowest BCUT2D eigenvalue weighted by molar-refractivity contribution is -0.119. The van der Waals surface area contributed by atoms with Gasteiger partial charge in [0.15, 0.2) is 0 Å². The molecule has 1 aliphatic rings. The van der Waals surface area contributed by atoms with Crippen molar-refractivity contribution in [1.29, 1.82) is 0 Å². The van der Waals surface area contributed by atoms with Crippen LogP contribution in [-0.2, 0) is 11.2 Å². The highest BCUT2D eigenvalue weighted by Gasteiger charge is 2.23. The van der Waals surface area contributed by atoms with Gasteiger partial charge in [0.2, 0.25) is 11.1 Å². The van der Waals surface area contributed by atoms with Crippen LogP contribution in [0.3, 0.4) is 0 Å². The van der Waals surface area contributed by atoms with Crippen LogP contribution in [0.15, 0.2) is 5.16 Å². The third-order valence-corrected chi connectivity index (χ3v) is 6.44. The lowest BCUT2D eigenvalue weighted by Crippen LogP contribution is -2.41. The van der Waals surface area contributed by atoms with Gasteiger partial charge >= 0.3 is 0 Å². The molecule has 0 aliphatic heterocycles. The monoisotopic (exact) mass is 389 g/mol. The highest BCUT2D eigenvalue weighted by Crippen LogP contribution is 2.24. The molecule has 1 saturated carbocycles. The lowest BCUT2D eigenvalue weighted by Gasteiger charge is -2.29. The van der Waals surface area contributed by atoms with Crippen LogP contribution in [-0.4, -0.2) is 37.3 Å². The summed E-state index contributed by atoms with van der Waals surface area (Å²) in [6.07, 6.45) is 8.10. The molecule has 1 aliphatic carbocycles. The number of aromatic nitrogens is 4. The molecule has 0 saturated heterocycles. The van der Waals surface area contributed by atoms with Gasteiger partial charge in [0.05, 0.1) is 5.75 Å². The quantitative estimate of drug-likeness (QED) is 0.728. The summed E-state index contributed by atoms with van der Waals surface area (Å²) in [5, 5.41) is 8.38. The van der Waals surface area contributed by atoms with E-state index in [1.165, 1.54) is 36.6 Å². The first-order chi connectivity index (χ1) is 13.0. The molecule has 0 spiro atoms. The number of hydrogen-bond donors (Lipinski definition) is 1. The maximum Gasteiger partial charge on any atom is 0.253 e. The SMILES string of the molecule is CCCCc1c(C)nc2nc(SCC(=O)N[C@H]3CCCC[C@H]3C)nn2c1C. The van der Waals surface area contributed by atoms with E-state index in [9.17, 15) is 4.79 Å². The Labute approximate surface area is 165 Å². The van der Waals surface area contributed by atoms with E-state index in [1.807, 2.05) is 11.4 Å². The Hall–Kier alpha value is -1.63. The molecule has 1 N–H and O–H groups in total. The minimum Gasteiger partial charge on any atom is -0.352 e. The van der Waals surface area contributed by atoms with Crippen molar-refractivity contribution in [1.82, 2.24) is 24.9 Å². The number of rotatable bonds is 7. The van der Waals surface area contributed by atoms with Gasteiger partial charge in [-0.05, 0) is 51.0 Å². The van der Waals surface area contributed by atoms with Crippen molar-refractivity contribution in [2.75, 3.05) is 5.75 Å². The summed E-state index contributed by atoms with van der Waals surface area (Å²) in [6.45, 7) is 8.54. The zero-order valence-electron chi connectivity index (χ0n) is 16.9. The van der Waals surface area contributed by atoms with Gasteiger partial charge in [0.25, 0.3) is 5.78 Å². The molecule has 2 aromatic heterocycles. The van der Waals surface area contributed by atoms with E-state index in [2.05, 4.69) is 41.2 Å². The molecule has 6 nitrogen and oxygen atoms in total. The molecule has 0 radical (unpaired) electrons. The smallest absolute Gasteiger partial charge is 0.253 e. The zero-order chi connectivity index (χ0) is 19.4. The summed E-state index contributed by atoms with van der Waals surface area (Å²) >= 11 is 1.39. The fourth-order valence-corrected chi connectivity index (χ4v) is 4.50. The maximum absolute atomic E-state index is 12.3. The van der Waals surface area contributed by atoms with Gasteiger partial charge in [0.1, 0.15) is 0 Å². The molecule has 2 atom stereocenters. The van der Waals surface area contributed by atoms with Crippen molar-refractivity contribution >= 4 is 23.4 Å².